The van der Waals surface area contributed by atoms with Gasteiger partial charge in [-0.3, -0.25) is 0 Å². The molecule has 0 unspecified atom stereocenters. The first kappa shape index (κ1) is 45.7. The quantitative estimate of drug-likeness (QED) is 0.0532. The molecule has 4 nitrogen and oxygen atoms in total. The summed E-state index contributed by atoms with van der Waals surface area (Å²) in [7, 11) is -1.80. The van der Waals surface area contributed by atoms with E-state index in [0.717, 1.165) is 22.1 Å². The third-order valence-electron chi connectivity index (χ3n) is 16.3. The Balaban J connectivity index is 1.24. The van der Waals surface area contributed by atoms with E-state index >= 15 is 0 Å². The molecule has 9 heteroatoms. The van der Waals surface area contributed by atoms with E-state index in [9.17, 15) is 0 Å². The van der Waals surface area contributed by atoms with Crippen LogP contribution in [0, 0.1) is 13.8 Å². The van der Waals surface area contributed by atoms with Gasteiger partial charge in [0, 0.05) is 47.0 Å². The molecule has 3 aliphatic rings. The van der Waals surface area contributed by atoms with Gasteiger partial charge in [0.25, 0.3) is 0 Å². The fourth-order valence-electron chi connectivity index (χ4n) is 12.8. The van der Waals surface area contributed by atoms with Crippen molar-refractivity contribution in [3.05, 3.63) is 69.1 Å². The maximum atomic E-state index is 5.38. The summed E-state index contributed by atoms with van der Waals surface area (Å²) in [4.78, 5) is 5.89. The van der Waals surface area contributed by atoms with Crippen LogP contribution in [0.4, 0.5) is 0 Å². The Morgan fingerprint density at radius 2 is 0.877 bits per heavy atom. The Morgan fingerprint density at radius 1 is 0.446 bits per heavy atom. The van der Waals surface area contributed by atoms with Crippen LogP contribution in [-0.2, 0) is 10.8 Å². The molecule has 0 spiro atoms. The smallest absolute Gasteiger partial charge is 0.116 e. The Labute approximate surface area is 406 Å². The maximum Gasteiger partial charge on any atom is 0.116 e. The highest BCUT2D eigenvalue weighted by Crippen LogP contribution is 2.63. The first-order valence-electron chi connectivity index (χ1n) is 25.6. The van der Waals surface area contributed by atoms with Gasteiger partial charge in [-0.05, 0) is 119 Å². The zero-order valence-electron chi connectivity index (χ0n) is 40.5. The molecule has 0 amide bonds. The zero-order chi connectivity index (χ0) is 45.1. The zero-order valence-corrected chi connectivity index (χ0v) is 44.8. The molecule has 10 rings (SSSR count). The van der Waals surface area contributed by atoms with Crippen LogP contribution in [0.1, 0.15) is 189 Å². The lowest BCUT2D eigenvalue weighted by Gasteiger charge is -2.35. The molecule has 4 aromatic heterocycles. The number of aryl methyl sites for hydroxylation is 2. The van der Waals surface area contributed by atoms with Crippen LogP contribution in [-0.4, -0.2) is 25.6 Å². The van der Waals surface area contributed by atoms with Crippen molar-refractivity contribution in [2.75, 3.05) is 0 Å². The third kappa shape index (κ3) is 7.41. The summed E-state index contributed by atoms with van der Waals surface area (Å²) in [6.45, 7) is 19.1. The van der Waals surface area contributed by atoms with Crippen LogP contribution >= 0.6 is 46.1 Å². The summed E-state index contributed by atoms with van der Waals surface area (Å²) in [5, 5.41) is 3.25. The lowest BCUT2D eigenvalue weighted by atomic mass is 9.68. The lowest BCUT2D eigenvalue weighted by Crippen LogP contribution is -2.48. The summed E-state index contributed by atoms with van der Waals surface area (Å²) in [5.41, 5.74) is 18.8. The second-order valence-electron chi connectivity index (χ2n) is 20.8. The first-order valence-corrected chi connectivity index (χ1v) is 31.7. The minimum Gasteiger partial charge on any atom is -0.173 e. The van der Waals surface area contributed by atoms with E-state index < -0.39 is 8.07 Å². The second kappa shape index (κ2) is 18.4. The van der Waals surface area contributed by atoms with Crippen LogP contribution in [0.3, 0.4) is 0 Å². The SMILES string of the molecule is CCCCCCC1(CCCCCC)c2cc3c(cc2-c2c1cc(C)c1nsnc21)C(CCCCCC)(CCCCCC)c1cc(-c2cc4c(s2)-c2sc(C)cc2[Si]4(C)C)c2nsnc2c1-3. The van der Waals surface area contributed by atoms with Crippen molar-refractivity contribution in [3.63, 3.8) is 0 Å². The van der Waals surface area contributed by atoms with Gasteiger partial charge in [0.15, 0.2) is 0 Å². The molecule has 0 radical (unpaired) electrons. The molecule has 342 valence electrons. The number of rotatable bonds is 21. The Morgan fingerprint density at radius 3 is 1.40 bits per heavy atom. The van der Waals surface area contributed by atoms with Crippen LogP contribution in [0.15, 0.2) is 36.4 Å². The number of nitrogens with zero attached hydrogens (tertiary/aromatic N) is 4. The predicted molar refractivity (Wildman–Crippen MR) is 289 cm³/mol. The van der Waals surface area contributed by atoms with Crippen LogP contribution in [0.2, 0.25) is 13.1 Å². The van der Waals surface area contributed by atoms with E-state index in [4.69, 9.17) is 17.5 Å². The van der Waals surface area contributed by atoms with Gasteiger partial charge >= 0.3 is 0 Å². The summed E-state index contributed by atoms with van der Waals surface area (Å²) in [6, 6.07) is 15.9. The van der Waals surface area contributed by atoms with Gasteiger partial charge in [-0.15, -0.1) is 22.7 Å². The number of thiophene rings is 2. The minimum atomic E-state index is -1.80. The second-order valence-corrected chi connectivity index (χ2v) is 28.5. The predicted octanol–water partition coefficient (Wildman–Crippen LogP) is 17.3. The molecular weight excluding hydrogens is 885 g/mol. The maximum absolute atomic E-state index is 5.38. The van der Waals surface area contributed by atoms with Crippen molar-refractivity contribution in [3.8, 4) is 42.4 Å². The van der Waals surface area contributed by atoms with Crippen LogP contribution < -0.4 is 10.4 Å². The van der Waals surface area contributed by atoms with Gasteiger partial charge in [-0.25, -0.2) is 0 Å². The van der Waals surface area contributed by atoms with Crippen molar-refractivity contribution in [1.29, 1.82) is 0 Å². The van der Waals surface area contributed by atoms with Gasteiger partial charge in [0.2, 0.25) is 0 Å². The van der Waals surface area contributed by atoms with Crippen molar-refractivity contribution < 1.29 is 0 Å². The van der Waals surface area contributed by atoms with E-state index in [1.165, 1.54) is 216 Å². The fourth-order valence-corrected chi connectivity index (χ4v) is 21.1. The molecule has 0 N–H and O–H groups in total. The molecular formula is C56H70N4S4Si. The molecule has 65 heavy (non-hydrogen) atoms. The van der Waals surface area contributed by atoms with Crippen molar-refractivity contribution in [2.24, 2.45) is 0 Å². The monoisotopic (exact) mass is 954 g/mol. The number of hydrogen-bond acceptors (Lipinski definition) is 8. The minimum absolute atomic E-state index is 0.0516. The molecule has 3 aromatic carbocycles. The van der Waals surface area contributed by atoms with E-state index in [2.05, 4.69) is 91.0 Å². The van der Waals surface area contributed by atoms with Gasteiger partial charge in [0.05, 0.1) is 23.5 Å². The number of fused-ring (bicyclic) bond motifs is 13. The van der Waals surface area contributed by atoms with Gasteiger partial charge < -0.3 is 0 Å². The highest BCUT2D eigenvalue weighted by Gasteiger charge is 2.50. The Bertz CT molecular complexity index is 2850. The van der Waals surface area contributed by atoms with Crippen molar-refractivity contribution in [2.45, 2.75) is 194 Å². The highest BCUT2D eigenvalue weighted by atomic mass is 32.1. The molecule has 5 heterocycles. The largest absolute Gasteiger partial charge is 0.173 e. The van der Waals surface area contributed by atoms with Crippen LogP contribution in [0.5, 0.6) is 0 Å². The topological polar surface area (TPSA) is 51.6 Å². The number of hydrogen-bond donors (Lipinski definition) is 0. The van der Waals surface area contributed by atoms with Crippen molar-refractivity contribution >= 4 is 86.6 Å². The fraction of sp³-hybridized carbons (Fsp3) is 0.536. The average molecular weight is 956 g/mol. The summed E-state index contributed by atoms with van der Waals surface area (Å²) < 4.78 is 20.8. The number of unbranched alkanes of at least 4 members (excludes halogenated alkanes) is 12. The summed E-state index contributed by atoms with van der Waals surface area (Å²) in [5.74, 6) is 0. The number of aromatic nitrogens is 4. The number of benzene rings is 3. The molecule has 2 aliphatic carbocycles. The summed E-state index contributed by atoms with van der Waals surface area (Å²) in [6.07, 6.45) is 25.0. The Kier molecular flexibility index (Phi) is 13.0. The van der Waals surface area contributed by atoms with Gasteiger partial charge in [-0.2, -0.15) is 17.5 Å². The molecule has 0 bridgehead atoms. The first-order chi connectivity index (χ1) is 31.6. The standard InChI is InChI=1S/C56H70N4S4Si/c1-9-13-17-21-25-55(26-22-18-14-10-2)40-32-38-41(31-37(40)47-42(55)29-35(5)49-51(47)59-63-57-49)56(27-23-19-15-11-3,28-24-20-16-12-4)43-33-39(50-52(48(38)43)60-64-58-50)44-34-46-54(62-44)53-45(65(46,7)8)30-36(6)61-53/h29-34H,9-28H2,1-8H3. The van der Waals surface area contributed by atoms with Crippen molar-refractivity contribution in [1.82, 2.24) is 17.5 Å². The van der Waals surface area contributed by atoms with Gasteiger partial charge in [-0.1, -0.05) is 150 Å². The normalized spacial score (nSPS) is 15.8. The molecule has 0 saturated heterocycles. The average Bonchev–Trinajstić information content (AvgIpc) is 4.17. The lowest BCUT2D eigenvalue weighted by molar-refractivity contribution is 0.397. The molecule has 0 atom stereocenters. The van der Waals surface area contributed by atoms with Crippen LogP contribution in [0.25, 0.3) is 64.5 Å². The molecule has 1 aliphatic heterocycles. The molecule has 0 saturated carbocycles. The van der Waals surface area contributed by atoms with E-state index in [1.807, 2.05) is 22.7 Å². The van der Waals surface area contributed by atoms with E-state index in [-0.39, 0.29) is 10.8 Å². The molecule has 0 fully saturated rings. The van der Waals surface area contributed by atoms with E-state index in [0.29, 0.717) is 0 Å². The van der Waals surface area contributed by atoms with E-state index in [1.54, 1.807) is 21.5 Å². The highest BCUT2D eigenvalue weighted by molar-refractivity contribution is 7.30. The Hall–Kier alpha value is -3.08. The third-order valence-corrected chi connectivity index (χ3v) is 23.5. The molecule has 7 aromatic rings. The van der Waals surface area contributed by atoms with Gasteiger partial charge in [0.1, 0.15) is 30.1 Å². The summed E-state index contributed by atoms with van der Waals surface area (Å²) >= 11 is 6.87.